The summed E-state index contributed by atoms with van der Waals surface area (Å²) in [7, 11) is 0. The van der Waals surface area contributed by atoms with E-state index in [0.717, 1.165) is 12.8 Å². The third-order valence-electron chi connectivity index (χ3n) is 3.53. The van der Waals surface area contributed by atoms with E-state index in [1.165, 1.54) is 0 Å². The number of thioether (sulfide) groups is 1. The van der Waals surface area contributed by atoms with Gasteiger partial charge in [0.25, 0.3) is 0 Å². The Labute approximate surface area is 125 Å². The fraction of sp³-hybridized carbons (Fsp3) is 0.857. The van der Waals surface area contributed by atoms with Crippen molar-refractivity contribution >= 4 is 23.8 Å². The second kappa shape index (κ2) is 6.70. The minimum Gasteiger partial charge on any atom is -0.481 e. The van der Waals surface area contributed by atoms with E-state index in [1.807, 2.05) is 20.8 Å². The molecular formula is C14H26N2O3S. The molecule has 1 fully saturated rings. The lowest BCUT2D eigenvalue weighted by Crippen LogP contribution is -2.43. The molecule has 6 heteroatoms. The Morgan fingerprint density at radius 2 is 1.90 bits per heavy atom. The van der Waals surface area contributed by atoms with Crippen LogP contribution in [0.3, 0.4) is 0 Å². The van der Waals surface area contributed by atoms with E-state index in [0.29, 0.717) is 13.0 Å². The van der Waals surface area contributed by atoms with Crippen molar-refractivity contribution in [3.63, 3.8) is 0 Å². The monoisotopic (exact) mass is 302 g/mol. The molecule has 1 aliphatic rings. The second-order valence-electron chi connectivity index (χ2n) is 6.75. The molecule has 1 rings (SSSR count). The topological polar surface area (TPSA) is 78.4 Å². The maximum Gasteiger partial charge on any atom is 0.314 e. The molecule has 0 radical (unpaired) electrons. The lowest BCUT2D eigenvalue weighted by Gasteiger charge is -2.23. The summed E-state index contributed by atoms with van der Waals surface area (Å²) in [4.78, 5) is 22.9. The average Bonchev–Trinajstić information content (AvgIpc) is 3.11. The molecule has 0 spiro atoms. The lowest BCUT2D eigenvalue weighted by molar-refractivity contribution is -0.142. The number of rotatable bonds is 7. The van der Waals surface area contributed by atoms with Gasteiger partial charge in [-0.15, -0.1) is 0 Å². The van der Waals surface area contributed by atoms with Crippen LogP contribution in [-0.2, 0) is 4.79 Å². The largest absolute Gasteiger partial charge is 0.481 e. The van der Waals surface area contributed by atoms with Crippen LogP contribution in [0.2, 0.25) is 0 Å². The quantitative estimate of drug-likeness (QED) is 0.674. The highest BCUT2D eigenvalue weighted by Crippen LogP contribution is 2.46. The number of nitrogens with one attached hydrogen (secondary N) is 2. The first kappa shape index (κ1) is 17.1. The van der Waals surface area contributed by atoms with Gasteiger partial charge in [-0.25, -0.2) is 4.79 Å². The third kappa shape index (κ3) is 6.03. The van der Waals surface area contributed by atoms with E-state index in [1.54, 1.807) is 11.8 Å². The standard InChI is InChI=1S/C14H26N2O3S/c1-13(2,3)7-10(11(17)18)8-15-12(19)16-9-14(20-4)5-6-14/h10H,5-9H2,1-4H3,(H,17,18)(H2,15,16,19). The Morgan fingerprint density at radius 1 is 1.30 bits per heavy atom. The Morgan fingerprint density at radius 3 is 2.30 bits per heavy atom. The average molecular weight is 302 g/mol. The number of carboxylic acid groups (broad SMARTS) is 1. The van der Waals surface area contributed by atoms with Gasteiger partial charge in [0.05, 0.1) is 5.92 Å². The third-order valence-corrected chi connectivity index (χ3v) is 4.95. The van der Waals surface area contributed by atoms with Crippen LogP contribution >= 0.6 is 11.8 Å². The summed E-state index contributed by atoms with van der Waals surface area (Å²) in [5, 5.41) is 14.7. The first-order valence-corrected chi connectivity index (χ1v) is 8.20. The smallest absolute Gasteiger partial charge is 0.314 e. The van der Waals surface area contributed by atoms with Gasteiger partial charge in [0, 0.05) is 17.8 Å². The van der Waals surface area contributed by atoms with Crippen LogP contribution in [0.15, 0.2) is 0 Å². The molecule has 0 heterocycles. The summed E-state index contributed by atoms with van der Waals surface area (Å²) < 4.78 is 0.217. The zero-order valence-corrected chi connectivity index (χ0v) is 13.6. The van der Waals surface area contributed by atoms with Crippen LogP contribution in [0.1, 0.15) is 40.0 Å². The molecule has 20 heavy (non-hydrogen) atoms. The summed E-state index contributed by atoms with van der Waals surface area (Å²) in [6.45, 7) is 6.82. The van der Waals surface area contributed by atoms with Crippen molar-refractivity contribution in [2.75, 3.05) is 19.3 Å². The van der Waals surface area contributed by atoms with Gasteiger partial charge >= 0.3 is 12.0 Å². The number of hydrogen-bond acceptors (Lipinski definition) is 3. The molecule has 1 atom stereocenters. The molecule has 2 amide bonds. The van der Waals surface area contributed by atoms with Crippen LogP contribution in [0.5, 0.6) is 0 Å². The minimum absolute atomic E-state index is 0.0713. The van der Waals surface area contributed by atoms with E-state index in [2.05, 4.69) is 16.9 Å². The van der Waals surface area contributed by atoms with Gasteiger partial charge in [-0.2, -0.15) is 11.8 Å². The summed E-state index contributed by atoms with van der Waals surface area (Å²) in [6, 6.07) is -0.273. The number of carbonyl (C=O) groups excluding carboxylic acids is 1. The van der Waals surface area contributed by atoms with Crippen LogP contribution in [0.25, 0.3) is 0 Å². The molecule has 0 saturated heterocycles. The van der Waals surface area contributed by atoms with E-state index in [4.69, 9.17) is 0 Å². The number of carboxylic acids is 1. The summed E-state index contributed by atoms with van der Waals surface area (Å²) in [5.74, 6) is -1.40. The van der Waals surface area contributed by atoms with Gasteiger partial charge in [0.15, 0.2) is 0 Å². The van der Waals surface area contributed by atoms with Crippen LogP contribution in [0, 0.1) is 11.3 Å². The maximum absolute atomic E-state index is 11.7. The molecule has 1 saturated carbocycles. The Hall–Kier alpha value is -0.910. The predicted molar refractivity (Wildman–Crippen MR) is 82.1 cm³/mol. The first-order chi connectivity index (χ1) is 9.17. The number of aliphatic carboxylic acids is 1. The number of urea groups is 1. The van der Waals surface area contributed by atoms with Crippen LogP contribution < -0.4 is 10.6 Å². The van der Waals surface area contributed by atoms with E-state index >= 15 is 0 Å². The highest BCUT2D eigenvalue weighted by Gasteiger charge is 2.41. The molecule has 5 nitrogen and oxygen atoms in total. The normalized spacial score (nSPS) is 18.2. The van der Waals surface area contributed by atoms with Crippen molar-refractivity contribution in [1.29, 1.82) is 0 Å². The molecule has 1 aliphatic carbocycles. The maximum atomic E-state index is 11.7. The molecule has 0 aromatic heterocycles. The van der Waals surface area contributed by atoms with Gasteiger partial charge in [0.1, 0.15) is 0 Å². The van der Waals surface area contributed by atoms with Gasteiger partial charge in [-0.3, -0.25) is 4.79 Å². The molecular weight excluding hydrogens is 276 g/mol. The number of hydrogen-bond donors (Lipinski definition) is 3. The van der Waals surface area contributed by atoms with E-state index in [-0.39, 0.29) is 22.7 Å². The molecule has 3 N–H and O–H groups in total. The molecule has 0 bridgehead atoms. The Kier molecular flexibility index (Phi) is 5.74. The number of carbonyl (C=O) groups is 2. The van der Waals surface area contributed by atoms with Gasteiger partial charge in [0.2, 0.25) is 0 Å². The van der Waals surface area contributed by atoms with Crippen LogP contribution in [-0.4, -0.2) is 41.2 Å². The molecule has 0 aromatic rings. The van der Waals surface area contributed by atoms with Crippen molar-refractivity contribution < 1.29 is 14.7 Å². The summed E-state index contributed by atoms with van der Waals surface area (Å²) in [5.41, 5.74) is -0.0713. The van der Waals surface area contributed by atoms with Crippen LogP contribution in [0.4, 0.5) is 4.79 Å². The van der Waals surface area contributed by atoms with Crippen molar-refractivity contribution in [2.45, 2.75) is 44.8 Å². The summed E-state index contributed by atoms with van der Waals surface area (Å²) >= 11 is 1.78. The van der Waals surface area contributed by atoms with E-state index < -0.39 is 11.9 Å². The Balaban J connectivity index is 2.31. The minimum atomic E-state index is -0.858. The SMILES string of the molecule is CSC1(CNC(=O)NCC(CC(C)(C)C)C(=O)O)CC1. The fourth-order valence-electron chi connectivity index (χ4n) is 2.10. The predicted octanol–water partition coefficient (Wildman–Crippen LogP) is 2.32. The molecule has 0 aliphatic heterocycles. The highest BCUT2D eigenvalue weighted by atomic mass is 32.2. The second-order valence-corrected chi connectivity index (χ2v) is 8.02. The highest BCUT2D eigenvalue weighted by molar-refractivity contribution is 8.00. The van der Waals surface area contributed by atoms with Crippen molar-refractivity contribution in [2.24, 2.45) is 11.3 Å². The molecule has 116 valence electrons. The zero-order valence-electron chi connectivity index (χ0n) is 12.8. The zero-order chi connectivity index (χ0) is 15.4. The fourth-order valence-corrected chi connectivity index (χ4v) is 2.83. The van der Waals surface area contributed by atoms with Gasteiger partial charge in [-0.1, -0.05) is 20.8 Å². The number of amides is 2. The van der Waals surface area contributed by atoms with Gasteiger partial charge < -0.3 is 15.7 Å². The first-order valence-electron chi connectivity index (χ1n) is 6.97. The lowest BCUT2D eigenvalue weighted by atomic mass is 9.84. The van der Waals surface area contributed by atoms with Crippen molar-refractivity contribution in [3.05, 3.63) is 0 Å². The summed E-state index contributed by atoms with van der Waals surface area (Å²) in [6.07, 6.45) is 4.86. The van der Waals surface area contributed by atoms with Crippen molar-refractivity contribution in [1.82, 2.24) is 10.6 Å². The molecule has 0 aromatic carbocycles. The van der Waals surface area contributed by atoms with E-state index in [9.17, 15) is 14.7 Å². The molecule has 1 unspecified atom stereocenters. The van der Waals surface area contributed by atoms with Gasteiger partial charge in [-0.05, 0) is 30.9 Å². The van der Waals surface area contributed by atoms with Crippen molar-refractivity contribution in [3.8, 4) is 0 Å². The Bertz CT molecular complexity index is 362.